The number of imidazole rings is 1. The highest BCUT2D eigenvalue weighted by atomic mass is 19.1. The molecule has 0 spiro atoms. The van der Waals surface area contributed by atoms with Crippen LogP contribution in [0.3, 0.4) is 0 Å². The van der Waals surface area contributed by atoms with Gasteiger partial charge in [-0.25, -0.2) is 27.5 Å². The predicted molar refractivity (Wildman–Crippen MR) is 107 cm³/mol. The Kier molecular flexibility index (Phi) is 5.47. The fourth-order valence-electron chi connectivity index (χ4n) is 3.39. The van der Waals surface area contributed by atoms with Crippen LogP contribution in [0.2, 0.25) is 0 Å². The Labute approximate surface area is 173 Å². The number of ether oxygens (including phenoxy) is 1. The number of aromatic nitrogens is 4. The molecule has 2 aromatic carbocycles. The largest absolute Gasteiger partial charge is 0.383 e. The third-order valence-corrected chi connectivity index (χ3v) is 4.81. The molecule has 0 amide bonds. The molecule has 2 heterocycles. The smallest absolute Gasteiger partial charge is 0.337 e. The van der Waals surface area contributed by atoms with E-state index < -0.39 is 28.7 Å². The van der Waals surface area contributed by atoms with Gasteiger partial charge in [0.2, 0.25) is 0 Å². The van der Waals surface area contributed by atoms with Gasteiger partial charge in [0.15, 0.2) is 11.2 Å². The molecule has 0 aliphatic carbocycles. The van der Waals surface area contributed by atoms with E-state index in [4.69, 9.17) is 4.74 Å². The van der Waals surface area contributed by atoms with E-state index in [2.05, 4.69) is 4.98 Å². The van der Waals surface area contributed by atoms with Crippen molar-refractivity contribution in [1.29, 1.82) is 0 Å². The topological polar surface area (TPSA) is 71.1 Å². The molecule has 0 saturated carbocycles. The molecule has 0 bridgehead atoms. The van der Waals surface area contributed by atoms with Gasteiger partial charge < -0.3 is 9.30 Å². The zero-order chi connectivity index (χ0) is 22.1. The maximum Gasteiger partial charge on any atom is 0.337 e. The van der Waals surface area contributed by atoms with Crippen molar-refractivity contribution < 1.29 is 17.9 Å². The number of benzene rings is 2. The van der Waals surface area contributed by atoms with Crippen LogP contribution in [0, 0.1) is 17.5 Å². The van der Waals surface area contributed by atoms with Crippen LogP contribution in [-0.4, -0.2) is 32.4 Å². The summed E-state index contributed by atoms with van der Waals surface area (Å²) in [5.74, 6) is -2.24. The van der Waals surface area contributed by atoms with Gasteiger partial charge in [0, 0.05) is 19.7 Å². The monoisotopic (exact) mass is 430 g/mol. The van der Waals surface area contributed by atoms with Crippen LogP contribution in [0.1, 0.15) is 5.56 Å². The molecule has 2 aromatic heterocycles. The average Bonchev–Trinajstić information content (AvgIpc) is 3.13. The number of methoxy groups -OCH3 is 1. The standard InChI is InChI=1S/C21H17F3N4O3/c1-31-8-7-27-20(29)18-19(25-12-26(18)11-13-3-2-4-14(22)9-13)28(21(27)30)17-6-5-15(23)10-16(17)24/h2-6,9-10,12H,7-8,11H2,1H3. The minimum atomic E-state index is -0.986. The van der Waals surface area contributed by atoms with Crippen molar-refractivity contribution in [3.8, 4) is 5.69 Å². The molecule has 4 aromatic rings. The molecule has 4 rings (SSSR count). The lowest BCUT2D eigenvalue weighted by Gasteiger charge is -2.13. The van der Waals surface area contributed by atoms with Gasteiger partial charge in [0.25, 0.3) is 5.56 Å². The van der Waals surface area contributed by atoms with Crippen molar-refractivity contribution in [3.05, 3.63) is 92.6 Å². The zero-order valence-electron chi connectivity index (χ0n) is 16.4. The van der Waals surface area contributed by atoms with Crippen molar-refractivity contribution in [2.45, 2.75) is 13.1 Å². The Hall–Kier alpha value is -3.66. The second-order valence-corrected chi connectivity index (χ2v) is 6.84. The molecule has 0 atom stereocenters. The Morgan fingerprint density at radius 2 is 1.81 bits per heavy atom. The van der Waals surface area contributed by atoms with Gasteiger partial charge in [0.1, 0.15) is 17.5 Å². The molecule has 0 unspecified atom stereocenters. The van der Waals surface area contributed by atoms with Crippen molar-refractivity contribution in [3.63, 3.8) is 0 Å². The minimum Gasteiger partial charge on any atom is -0.383 e. The van der Waals surface area contributed by atoms with Crippen LogP contribution in [0.5, 0.6) is 0 Å². The van der Waals surface area contributed by atoms with E-state index in [-0.39, 0.29) is 36.5 Å². The molecule has 160 valence electrons. The van der Waals surface area contributed by atoms with Crippen LogP contribution in [0.15, 0.2) is 58.4 Å². The van der Waals surface area contributed by atoms with Gasteiger partial charge in [-0.05, 0) is 29.8 Å². The molecule has 7 nitrogen and oxygen atoms in total. The Bertz CT molecular complexity index is 1390. The van der Waals surface area contributed by atoms with Gasteiger partial charge in [0.05, 0.1) is 25.2 Å². The number of rotatable bonds is 6. The van der Waals surface area contributed by atoms with Crippen molar-refractivity contribution in [2.24, 2.45) is 0 Å². The molecule has 0 saturated heterocycles. The molecule has 10 heteroatoms. The van der Waals surface area contributed by atoms with Crippen molar-refractivity contribution >= 4 is 11.2 Å². The Morgan fingerprint density at radius 3 is 2.52 bits per heavy atom. The molecule has 0 fully saturated rings. The number of nitrogens with zero attached hydrogens (tertiary/aromatic N) is 4. The zero-order valence-corrected chi connectivity index (χ0v) is 16.4. The molecule has 0 aliphatic rings. The lowest BCUT2D eigenvalue weighted by molar-refractivity contribution is 0.184. The summed E-state index contributed by atoms with van der Waals surface area (Å²) in [5, 5.41) is 0. The number of fused-ring (bicyclic) bond motifs is 1. The number of halogens is 3. The summed E-state index contributed by atoms with van der Waals surface area (Å²) < 4.78 is 49.8. The van der Waals surface area contributed by atoms with E-state index in [1.807, 2.05) is 0 Å². The van der Waals surface area contributed by atoms with Crippen LogP contribution in [-0.2, 0) is 17.8 Å². The van der Waals surface area contributed by atoms with Crippen LogP contribution in [0.25, 0.3) is 16.9 Å². The second kappa shape index (κ2) is 8.23. The second-order valence-electron chi connectivity index (χ2n) is 6.84. The molecule has 0 radical (unpaired) electrons. The lowest BCUT2D eigenvalue weighted by Crippen LogP contribution is -2.41. The molecule has 0 aliphatic heterocycles. The molecule has 0 N–H and O–H groups in total. The van der Waals surface area contributed by atoms with E-state index in [1.54, 1.807) is 6.07 Å². The maximum atomic E-state index is 14.5. The van der Waals surface area contributed by atoms with Crippen LogP contribution >= 0.6 is 0 Å². The highest BCUT2D eigenvalue weighted by molar-refractivity contribution is 5.72. The van der Waals surface area contributed by atoms with Gasteiger partial charge >= 0.3 is 5.69 Å². The molecular formula is C21H17F3N4O3. The van der Waals surface area contributed by atoms with Crippen molar-refractivity contribution in [1.82, 2.24) is 18.7 Å². The summed E-state index contributed by atoms with van der Waals surface area (Å²) in [4.78, 5) is 30.3. The van der Waals surface area contributed by atoms with Crippen molar-refractivity contribution in [2.75, 3.05) is 13.7 Å². The Balaban J connectivity index is 2.00. The molecular weight excluding hydrogens is 413 g/mol. The third-order valence-electron chi connectivity index (χ3n) is 4.81. The van der Waals surface area contributed by atoms with Gasteiger partial charge in [-0.2, -0.15) is 0 Å². The fraction of sp³-hybridized carbons (Fsp3) is 0.190. The fourth-order valence-corrected chi connectivity index (χ4v) is 3.39. The van der Waals surface area contributed by atoms with Gasteiger partial charge in [-0.3, -0.25) is 9.36 Å². The lowest BCUT2D eigenvalue weighted by atomic mass is 10.2. The summed E-state index contributed by atoms with van der Waals surface area (Å²) in [7, 11) is 1.41. The van der Waals surface area contributed by atoms with E-state index in [9.17, 15) is 22.8 Å². The van der Waals surface area contributed by atoms with Gasteiger partial charge in [-0.15, -0.1) is 0 Å². The normalized spacial score (nSPS) is 11.4. The van der Waals surface area contributed by atoms with E-state index in [0.717, 1.165) is 21.3 Å². The SMILES string of the molecule is COCCn1c(=O)c2c(ncn2Cc2cccc(F)c2)n(-c2ccc(F)cc2F)c1=O. The first kappa shape index (κ1) is 20.6. The quantitative estimate of drug-likeness (QED) is 0.471. The minimum absolute atomic E-state index is 0.0173. The maximum absolute atomic E-state index is 14.5. The summed E-state index contributed by atoms with van der Waals surface area (Å²) in [6.07, 6.45) is 1.31. The van der Waals surface area contributed by atoms with Crippen LogP contribution < -0.4 is 11.2 Å². The van der Waals surface area contributed by atoms with Gasteiger partial charge in [-0.1, -0.05) is 12.1 Å². The van der Waals surface area contributed by atoms with E-state index in [0.29, 0.717) is 11.6 Å². The number of hydrogen-bond acceptors (Lipinski definition) is 4. The molecule has 31 heavy (non-hydrogen) atoms. The van der Waals surface area contributed by atoms with Crippen LogP contribution in [0.4, 0.5) is 13.2 Å². The summed E-state index contributed by atoms with van der Waals surface area (Å²) >= 11 is 0. The highest BCUT2D eigenvalue weighted by Crippen LogP contribution is 2.18. The summed E-state index contributed by atoms with van der Waals surface area (Å²) in [6, 6.07) is 8.56. The summed E-state index contributed by atoms with van der Waals surface area (Å²) in [6.45, 7) is 0.0700. The first-order valence-corrected chi connectivity index (χ1v) is 9.30. The van der Waals surface area contributed by atoms with E-state index in [1.165, 1.54) is 36.2 Å². The van der Waals surface area contributed by atoms with E-state index >= 15 is 0 Å². The Morgan fingerprint density at radius 1 is 1.03 bits per heavy atom. The predicted octanol–water partition coefficient (Wildman–Crippen LogP) is 2.46. The third kappa shape index (κ3) is 3.77. The highest BCUT2D eigenvalue weighted by Gasteiger charge is 2.21. The first-order valence-electron chi connectivity index (χ1n) is 9.30. The number of hydrogen-bond donors (Lipinski definition) is 0. The average molecular weight is 430 g/mol. The summed E-state index contributed by atoms with van der Waals surface area (Å²) in [5.41, 5.74) is -1.25. The first-order chi connectivity index (χ1) is 14.9.